The highest BCUT2D eigenvalue weighted by Gasteiger charge is 2.56. The number of nitriles is 1. The van der Waals surface area contributed by atoms with Gasteiger partial charge in [0.1, 0.15) is 95.1 Å². The van der Waals surface area contributed by atoms with Crippen LogP contribution in [0.15, 0.2) is 223 Å². The average Bonchev–Trinajstić information content (AvgIpc) is 1.60. The summed E-state index contributed by atoms with van der Waals surface area (Å²) in [7, 11) is -4.71. The number of hydrogen-bond acceptors (Lipinski definition) is 32. The highest BCUT2D eigenvalue weighted by Crippen LogP contribution is 2.54. The van der Waals surface area contributed by atoms with Gasteiger partial charge >= 0.3 is 0 Å². The Labute approximate surface area is 884 Å². The largest absolute Gasteiger partial charge is 0.408 e. The summed E-state index contributed by atoms with van der Waals surface area (Å²) in [5.74, 6) is -0.139. The first kappa shape index (κ1) is 112. The molecule has 0 radical (unpaired) electrons. The number of nitrogens with zero attached hydrogens (tertiary/aromatic N) is 21. The second kappa shape index (κ2) is 47.3. The number of amides is 4. The Kier molecular flexibility index (Phi) is 35.8. The van der Waals surface area contributed by atoms with Crippen LogP contribution in [0.4, 0.5) is 23.3 Å². The molecular weight excluding hydrogens is 2070 g/mol. The van der Waals surface area contributed by atoms with E-state index in [9.17, 15) is 19.2 Å². The number of carbonyl (C=O) groups is 4. The third kappa shape index (κ3) is 24.3. The molecule has 5 fully saturated rings. The van der Waals surface area contributed by atoms with Crippen LogP contribution in [-0.2, 0) is 93.1 Å². The molecule has 49 heteroatoms. The van der Waals surface area contributed by atoms with Crippen LogP contribution in [0.25, 0.3) is 44.7 Å². The van der Waals surface area contributed by atoms with E-state index in [2.05, 4.69) is 151 Å². The Morgan fingerprint density at radius 3 is 1.17 bits per heavy atom. The summed E-state index contributed by atoms with van der Waals surface area (Å²) in [5, 5.41) is 18.1. The first-order valence-corrected chi connectivity index (χ1v) is 65.3. The number of hydrogen-bond donors (Lipinski definition) is 4. The number of aromatic nitrogens is 16. The molecule has 0 aliphatic carbocycles. The first-order chi connectivity index (χ1) is 70.5. The maximum Gasteiger partial charge on any atom is 0.259 e. The van der Waals surface area contributed by atoms with E-state index in [1.807, 2.05) is 113 Å². The summed E-state index contributed by atoms with van der Waals surface area (Å²) in [4.78, 5) is 117. The predicted molar refractivity (Wildman–Crippen MR) is 591 cm³/mol. The molecule has 13 heterocycles. The number of fused-ring (bicyclic) bond motifs is 6. The van der Waals surface area contributed by atoms with Crippen molar-refractivity contribution >= 4 is 182 Å². The van der Waals surface area contributed by atoms with Crippen molar-refractivity contribution in [2.24, 2.45) is 17.6 Å². The van der Waals surface area contributed by atoms with Gasteiger partial charge < -0.3 is 51.6 Å². The Morgan fingerprint density at radius 2 is 0.824 bits per heavy atom. The third-order valence-electron chi connectivity index (χ3n) is 27.4. The Morgan fingerprint density at radius 1 is 0.514 bits per heavy atom. The number of carbonyl (C=O) groups excluding carboxylic acids is 4. The zero-order chi connectivity index (χ0) is 106. The van der Waals surface area contributed by atoms with E-state index in [1.54, 1.807) is 109 Å². The molecule has 782 valence electrons. The standard InChI is InChI=1S/C49H62N12O7P2S2Si.C48H60N12O7P2S2Si.C2H3N/c1-11-23-58(45(62)32-19-15-13-16-20-32)41-38-43(52-27-50-41)60(29-54-38)47-31(3)36-34(66-47)25-64-70(8,72)57-37-35(26-65-69(7,71)56-36)67-48(40(37)68-73(9,10)49(4,5)6)61-30-55-39-42(51-28-53-44(39)61)59(24-12-2)46(63)33-21-17-14-18-22-33;1-10-22-57(44(61)31-18-14-12-15-19-31)40-37-42(52-26-50-40)59(28-54-37)46-30(3)36(34(66-46)24-63-68-70)56-69(7,71)64-25-33-35(49)39(67-72(8,9)48(4,5)6)47(65-33)60-29-55-38-41(51-27-53-43(38)60)58(23-11-2)45(62)32-20-16-13-17-21-32;1-2-3/h11-22,27-31,34-37,40,47-48H,1-2,23-26H2,3-10H3,(H,56,71)(H,57,72);10-21,26-30,33-36,39,46-47H,1-2,22-25,49H2,3-9H3,(H,56,71);1H3/t31-,34-,35-,36+,37-,40-,47?,48-,69?,70?;30-,33-,34-,35-,36+,39-,46?,47-,69?;/m11./s1. The first-order valence-electron chi connectivity index (χ1n) is 48.1. The van der Waals surface area contributed by atoms with Gasteiger partial charge in [0.2, 0.25) is 0 Å². The van der Waals surface area contributed by atoms with Crippen molar-refractivity contribution in [3.8, 4) is 6.07 Å². The molecule has 17 rings (SSSR count). The molecule has 5 saturated heterocycles. The van der Waals surface area contributed by atoms with E-state index in [0.29, 0.717) is 97.8 Å². The number of anilines is 4. The molecule has 0 spiro atoms. The molecule has 5 aliphatic heterocycles. The molecular formula is C99H125N25O14P4S4Si2. The van der Waals surface area contributed by atoms with E-state index in [-0.39, 0.29) is 110 Å². The van der Waals surface area contributed by atoms with Crippen molar-refractivity contribution in [3.63, 3.8) is 0 Å². The van der Waals surface area contributed by atoms with Gasteiger partial charge in [0.15, 0.2) is 97.0 Å². The second-order valence-corrected chi connectivity index (χ2v) is 62.9. The zero-order valence-electron chi connectivity index (χ0n) is 85.3. The normalized spacial score (nSPS) is 25.2. The summed E-state index contributed by atoms with van der Waals surface area (Å²) in [5.41, 5.74) is 12.6. The van der Waals surface area contributed by atoms with E-state index in [0.717, 1.165) is 0 Å². The Hall–Kier alpha value is -10.2. The molecule has 0 saturated carbocycles. The fourth-order valence-corrected chi connectivity index (χ4v) is 26.8. The minimum atomic E-state index is -2.88. The minimum Gasteiger partial charge on any atom is -0.408 e. The summed E-state index contributed by atoms with van der Waals surface area (Å²) in [6.07, 6.45) is 3.88. The van der Waals surface area contributed by atoms with Gasteiger partial charge in [0.05, 0.1) is 76.0 Å². The summed E-state index contributed by atoms with van der Waals surface area (Å²) >= 11 is 24.1. The van der Waals surface area contributed by atoms with Gasteiger partial charge in [-0.15, -0.1) is 26.3 Å². The van der Waals surface area contributed by atoms with Crippen LogP contribution in [0.1, 0.15) is 129 Å². The van der Waals surface area contributed by atoms with Gasteiger partial charge in [-0.25, -0.2) is 59.8 Å². The van der Waals surface area contributed by atoms with Crippen LogP contribution in [0.2, 0.25) is 36.3 Å². The van der Waals surface area contributed by atoms with E-state index in [1.165, 1.54) is 51.8 Å². The minimum absolute atomic E-state index is 0.0352. The number of rotatable bonds is 32. The fourth-order valence-electron chi connectivity index (χ4n) is 17.9. The van der Waals surface area contributed by atoms with Crippen LogP contribution in [0.3, 0.4) is 0 Å². The third-order valence-corrected chi connectivity index (χ3v) is 43.0. The van der Waals surface area contributed by atoms with Gasteiger partial charge in [0, 0.05) is 99.3 Å². The Bertz CT molecular complexity index is 7040. The lowest BCUT2D eigenvalue weighted by Gasteiger charge is -2.41. The van der Waals surface area contributed by atoms with Crippen LogP contribution in [0.5, 0.6) is 0 Å². The van der Waals surface area contributed by atoms with E-state index < -0.39 is 110 Å². The summed E-state index contributed by atoms with van der Waals surface area (Å²) < 4.78 is 75.5. The SMILES string of the molecule is C=CCN(C(=O)c1ccccc1)c1ncnc2c1ncn2C1O[C@@H]2COP(C)(=S)N[C@H]3[C@@H](O[Si](C)(C)C(C)(C)C)[C@H](n4cnc5c(N(CC=C)C(=O)c6ccccc6)ncnc54)O[C@@H]3COP(C)(=S)N[C@H]2[C@H]1C.C=CCN(C(=O)c1ccccc1)c1ncnc2c1ncn2C1O[C@H](COP=S)[C@@H](NP(C)(=S)OC[C@H]2O[C@@H](n3cnc4c(N(CC=C)C(=O)c5ccccc5)ncnc43)[C@H](O[Si](C)(C)C(C)(C)C)[C@@H]2N)[C@H]1C.CC#N. The molecule has 4 amide bonds. The molecule has 8 aromatic heterocycles. The summed E-state index contributed by atoms with van der Waals surface area (Å²) in [6.45, 7) is 49.7. The topological polar surface area (TPSA) is 434 Å². The van der Waals surface area contributed by atoms with Gasteiger partial charge in [-0.05, 0) is 96.6 Å². The molecule has 12 aromatic rings. The molecule has 5 N–H and O–H groups in total. The van der Waals surface area contributed by atoms with Crippen molar-refractivity contribution < 1.29 is 65.1 Å². The van der Waals surface area contributed by atoms with Gasteiger partial charge in [-0.2, -0.15) is 5.26 Å². The van der Waals surface area contributed by atoms with E-state index >= 15 is 0 Å². The maximum atomic E-state index is 14.0. The van der Waals surface area contributed by atoms with Crippen molar-refractivity contribution in [1.29, 1.82) is 5.26 Å². The van der Waals surface area contributed by atoms with E-state index in [4.69, 9.17) is 129 Å². The van der Waals surface area contributed by atoms with Crippen molar-refractivity contribution in [3.05, 3.63) is 245 Å². The number of nitrogens with one attached hydrogen (secondary N) is 3. The highest BCUT2D eigenvalue weighted by atomic mass is 32.5. The van der Waals surface area contributed by atoms with Crippen LogP contribution >= 0.6 is 26.8 Å². The number of imidazole rings is 4. The molecule has 5 unspecified atom stereocenters. The average molecular weight is 2200 g/mol. The molecule has 4 aromatic carbocycles. The van der Waals surface area contributed by atoms with Crippen molar-refractivity contribution in [1.82, 2.24) is 93.3 Å². The Balaban J connectivity index is 0.000000216. The second-order valence-electron chi connectivity index (χ2n) is 39.6. The van der Waals surface area contributed by atoms with Crippen LogP contribution in [0, 0.1) is 23.2 Å². The zero-order valence-corrected chi connectivity index (χ0v) is 94.1. The quantitative estimate of drug-likeness (QED) is 0.0173. The smallest absolute Gasteiger partial charge is 0.259 e. The molecule has 39 nitrogen and oxygen atoms in total. The number of benzene rings is 4. The molecule has 5 aliphatic rings. The monoisotopic (exact) mass is 2200 g/mol. The van der Waals surface area contributed by atoms with Crippen LogP contribution < -0.4 is 40.6 Å². The van der Waals surface area contributed by atoms with Crippen molar-refractivity contribution in [2.75, 3.05) is 92.2 Å². The fraction of sp³-hybridized carbons (Fsp3) is 0.424. The number of nitrogens with two attached hydrogens (primary N) is 1. The van der Waals surface area contributed by atoms with Gasteiger partial charge in [-0.1, -0.05) is 188 Å². The van der Waals surface area contributed by atoms with Crippen molar-refractivity contribution in [2.45, 2.75) is 184 Å². The molecule has 0 bridgehead atoms. The maximum absolute atomic E-state index is 14.0. The van der Waals surface area contributed by atoms with Crippen LogP contribution in [-0.4, -0.2) is 252 Å². The van der Waals surface area contributed by atoms with Gasteiger partial charge in [-0.3, -0.25) is 72.3 Å². The predicted octanol–water partition coefficient (Wildman–Crippen LogP) is 16.3. The number of ether oxygens (including phenoxy) is 4. The lowest BCUT2D eigenvalue weighted by atomic mass is 10.00. The van der Waals surface area contributed by atoms with Gasteiger partial charge in [0.25, 0.3) is 23.6 Å². The molecule has 148 heavy (non-hydrogen) atoms. The summed E-state index contributed by atoms with van der Waals surface area (Å²) in [6, 6.07) is 35.8. The highest BCUT2D eigenvalue weighted by molar-refractivity contribution is 8.11. The lowest BCUT2D eigenvalue weighted by molar-refractivity contribution is -0.0426. The lowest BCUT2D eigenvalue weighted by Crippen LogP contribution is -2.52. The molecule has 19 atom stereocenters.